The minimum absolute atomic E-state index is 0.203. The third-order valence-electron chi connectivity index (χ3n) is 2.96. The van der Waals surface area contributed by atoms with E-state index in [-0.39, 0.29) is 12.4 Å². The molecule has 3 atom stereocenters. The minimum atomic E-state index is -0.293. The van der Waals surface area contributed by atoms with E-state index in [0.717, 1.165) is 5.56 Å². The molecule has 0 aliphatic carbocycles. The zero-order chi connectivity index (χ0) is 11.5. The Kier molecular flexibility index (Phi) is 3.23. The largest absolute Gasteiger partial charge is 0.348 e. The highest BCUT2D eigenvalue weighted by molar-refractivity contribution is 5.32. The van der Waals surface area contributed by atoms with Gasteiger partial charge >= 0.3 is 0 Å². The molecule has 1 aromatic carbocycles. The second kappa shape index (κ2) is 4.65. The maximum Gasteiger partial charge on any atom is 0.184 e. The van der Waals surface area contributed by atoms with Crippen LogP contribution in [0, 0.1) is 17.2 Å². The van der Waals surface area contributed by atoms with Gasteiger partial charge in [-0.3, -0.25) is 0 Å². The van der Waals surface area contributed by atoms with Gasteiger partial charge in [-0.05, 0) is 19.1 Å². The van der Waals surface area contributed by atoms with Crippen LogP contribution in [0.1, 0.15) is 31.3 Å². The zero-order valence-electron chi connectivity index (χ0n) is 9.51. The van der Waals surface area contributed by atoms with Crippen LogP contribution in [-0.4, -0.2) is 12.7 Å². The first-order valence-corrected chi connectivity index (χ1v) is 5.48. The number of nitriles is 1. The van der Waals surface area contributed by atoms with E-state index in [9.17, 15) is 0 Å². The van der Waals surface area contributed by atoms with E-state index in [4.69, 9.17) is 14.7 Å². The van der Waals surface area contributed by atoms with Crippen LogP contribution in [0.4, 0.5) is 0 Å². The van der Waals surface area contributed by atoms with Crippen molar-refractivity contribution in [2.45, 2.75) is 26.2 Å². The lowest BCUT2D eigenvalue weighted by Crippen LogP contribution is -2.32. The Balaban J connectivity index is 2.10. The van der Waals surface area contributed by atoms with E-state index in [2.05, 4.69) is 19.9 Å². The molecule has 0 aromatic heterocycles. The summed E-state index contributed by atoms with van der Waals surface area (Å²) in [5.41, 5.74) is 1.62. The van der Waals surface area contributed by atoms with Crippen molar-refractivity contribution in [2.24, 2.45) is 5.92 Å². The molecule has 0 radical (unpaired) electrons. The maximum absolute atomic E-state index is 8.70. The van der Waals surface area contributed by atoms with Crippen molar-refractivity contribution in [1.82, 2.24) is 0 Å². The Bertz CT molecular complexity index is 393. The molecule has 1 saturated heterocycles. The summed E-state index contributed by atoms with van der Waals surface area (Å²) in [6.45, 7) is 4.88. The van der Waals surface area contributed by atoms with Gasteiger partial charge in [-0.15, -0.1) is 0 Å². The predicted octanol–water partition coefficient (Wildman–Crippen LogP) is 2.63. The van der Waals surface area contributed by atoms with Crippen molar-refractivity contribution < 1.29 is 9.47 Å². The number of benzene rings is 1. The highest BCUT2D eigenvalue weighted by Crippen LogP contribution is 2.28. The molecule has 1 aromatic rings. The molecule has 3 heteroatoms. The number of ether oxygens (including phenoxy) is 2. The van der Waals surface area contributed by atoms with Crippen molar-refractivity contribution in [3.63, 3.8) is 0 Å². The van der Waals surface area contributed by atoms with Crippen LogP contribution in [0.2, 0.25) is 0 Å². The quantitative estimate of drug-likeness (QED) is 0.726. The molecule has 3 nitrogen and oxygen atoms in total. The van der Waals surface area contributed by atoms with E-state index in [1.165, 1.54) is 0 Å². The fourth-order valence-electron chi connectivity index (χ4n) is 1.63. The number of nitrogens with zero attached hydrogens (tertiary/aromatic N) is 1. The van der Waals surface area contributed by atoms with Crippen LogP contribution in [-0.2, 0) is 9.47 Å². The average molecular weight is 217 g/mol. The van der Waals surface area contributed by atoms with Crippen molar-refractivity contribution in [3.05, 3.63) is 35.4 Å². The first-order chi connectivity index (χ1) is 7.70. The standard InChI is InChI=1S/C13H15NO2/c1-9-8-15-13(16-10(9)2)12-5-3-11(7-14)4-6-12/h3-6,9-10,13H,8H2,1-2H3. The Morgan fingerprint density at radius 2 is 1.94 bits per heavy atom. The summed E-state index contributed by atoms with van der Waals surface area (Å²) in [6, 6.07) is 9.42. The van der Waals surface area contributed by atoms with Gasteiger partial charge in [0.25, 0.3) is 0 Å². The molecule has 0 saturated carbocycles. The highest BCUT2D eigenvalue weighted by atomic mass is 16.7. The van der Waals surface area contributed by atoms with Crippen LogP contribution in [0.3, 0.4) is 0 Å². The van der Waals surface area contributed by atoms with Crippen molar-refractivity contribution in [2.75, 3.05) is 6.61 Å². The van der Waals surface area contributed by atoms with Crippen LogP contribution in [0.5, 0.6) is 0 Å². The normalized spacial score (nSPS) is 29.7. The SMILES string of the molecule is CC1COC(c2ccc(C#N)cc2)OC1C. The zero-order valence-corrected chi connectivity index (χ0v) is 9.51. The predicted molar refractivity (Wildman–Crippen MR) is 59.6 cm³/mol. The molecule has 84 valence electrons. The lowest BCUT2D eigenvalue weighted by Gasteiger charge is -2.33. The Labute approximate surface area is 95.6 Å². The van der Waals surface area contributed by atoms with Crippen molar-refractivity contribution in [3.8, 4) is 6.07 Å². The maximum atomic E-state index is 8.70. The first kappa shape index (κ1) is 11.1. The van der Waals surface area contributed by atoms with Gasteiger partial charge in [0.05, 0.1) is 24.3 Å². The van der Waals surface area contributed by atoms with Crippen LogP contribution in [0.25, 0.3) is 0 Å². The number of rotatable bonds is 1. The molecule has 1 fully saturated rings. The Hall–Kier alpha value is -1.37. The minimum Gasteiger partial charge on any atom is -0.348 e. The third-order valence-corrected chi connectivity index (χ3v) is 2.96. The van der Waals surface area contributed by atoms with Crippen molar-refractivity contribution >= 4 is 0 Å². The molecule has 0 spiro atoms. The van der Waals surface area contributed by atoms with E-state index < -0.39 is 0 Å². The van der Waals surface area contributed by atoms with E-state index >= 15 is 0 Å². The summed E-state index contributed by atoms with van der Waals surface area (Å²) >= 11 is 0. The fraction of sp³-hybridized carbons (Fsp3) is 0.462. The summed E-state index contributed by atoms with van der Waals surface area (Å²) in [5, 5.41) is 8.70. The number of hydrogen-bond donors (Lipinski definition) is 0. The van der Waals surface area contributed by atoms with Gasteiger partial charge in [-0.2, -0.15) is 5.26 Å². The molecule has 1 aliphatic rings. The average Bonchev–Trinajstić information content (AvgIpc) is 2.33. The molecule has 0 N–H and O–H groups in total. The smallest absolute Gasteiger partial charge is 0.184 e. The summed E-state index contributed by atoms with van der Waals surface area (Å²) in [7, 11) is 0. The van der Waals surface area contributed by atoms with Gasteiger partial charge in [0, 0.05) is 11.5 Å². The van der Waals surface area contributed by atoms with Crippen molar-refractivity contribution in [1.29, 1.82) is 5.26 Å². The second-order valence-corrected chi connectivity index (χ2v) is 4.22. The summed E-state index contributed by atoms with van der Waals surface area (Å²) in [5.74, 6) is 0.426. The molecule has 3 unspecified atom stereocenters. The van der Waals surface area contributed by atoms with Gasteiger partial charge in [0.2, 0.25) is 0 Å². The second-order valence-electron chi connectivity index (χ2n) is 4.22. The summed E-state index contributed by atoms with van der Waals surface area (Å²) in [4.78, 5) is 0. The molecule has 2 rings (SSSR count). The molecule has 0 bridgehead atoms. The van der Waals surface area contributed by atoms with Gasteiger partial charge in [0.15, 0.2) is 6.29 Å². The molecular formula is C13H15NO2. The van der Waals surface area contributed by atoms with Crippen LogP contribution < -0.4 is 0 Å². The third kappa shape index (κ3) is 2.24. The molecule has 16 heavy (non-hydrogen) atoms. The van der Waals surface area contributed by atoms with E-state index in [1.807, 2.05) is 12.1 Å². The first-order valence-electron chi connectivity index (χ1n) is 5.48. The lowest BCUT2D eigenvalue weighted by atomic mass is 10.1. The fourth-order valence-corrected chi connectivity index (χ4v) is 1.63. The Morgan fingerprint density at radius 1 is 1.25 bits per heavy atom. The molecule has 1 aliphatic heterocycles. The molecule has 0 amide bonds. The molecular weight excluding hydrogens is 202 g/mol. The van der Waals surface area contributed by atoms with E-state index in [0.29, 0.717) is 18.1 Å². The topological polar surface area (TPSA) is 42.2 Å². The molecule has 1 heterocycles. The summed E-state index contributed by atoms with van der Waals surface area (Å²) < 4.78 is 11.4. The monoisotopic (exact) mass is 217 g/mol. The van der Waals surface area contributed by atoms with Gasteiger partial charge in [0.1, 0.15) is 0 Å². The highest BCUT2D eigenvalue weighted by Gasteiger charge is 2.26. The lowest BCUT2D eigenvalue weighted by molar-refractivity contribution is -0.233. The van der Waals surface area contributed by atoms with Crippen LogP contribution >= 0.6 is 0 Å². The van der Waals surface area contributed by atoms with Gasteiger partial charge < -0.3 is 9.47 Å². The van der Waals surface area contributed by atoms with Gasteiger partial charge in [-0.25, -0.2) is 0 Å². The van der Waals surface area contributed by atoms with Crippen LogP contribution in [0.15, 0.2) is 24.3 Å². The Morgan fingerprint density at radius 3 is 2.50 bits per heavy atom. The number of hydrogen-bond acceptors (Lipinski definition) is 3. The van der Waals surface area contributed by atoms with Gasteiger partial charge in [-0.1, -0.05) is 19.1 Å². The van der Waals surface area contributed by atoms with E-state index in [1.54, 1.807) is 12.1 Å². The summed E-state index contributed by atoms with van der Waals surface area (Å²) in [6.07, 6.45) is -0.0895.